The van der Waals surface area contributed by atoms with Gasteiger partial charge in [0, 0.05) is 0 Å². The van der Waals surface area contributed by atoms with Crippen molar-refractivity contribution in [3.8, 4) is 22.9 Å². The lowest BCUT2D eigenvalue weighted by Crippen LogP contribution is -2.00. The molecule has 0 atom stereocenters. The third kappa shape index (κ3) is 3.62. The summed E-state index contributed by atoms with van der Waals surface area (Å²) >= 11 is 0. The van der Waals surface area contributed by atoms with Gasteiger partial charge in [0.15, 0.2) is 0 Å². The number of benzene rings is 2. The van der Waals surface area contributed by atoms with Gasteiger partial charge in [0.25, 0.3) is 0 Å². The molecule has 0 radical (unpaired) electrons. The number of hydrogen-bond donors (Lipinski definition) is 0. The summed E-state index contributed by atoms with van der Waals surface area (Å²) in [6, 6.07) is 20.2. The van der Waals surface area contributed by atoms with Crippen LogP contribution in [0.3, 0.4) is 0 Å². The van der Waals surface area contributed by atoms with Crippen LogP contribution in [0.15, 0.2) is 66.9 Å². The zero-order valence-electron chi connectivity index (χ0n) is 13.1. The molecule has 25 heavy (non-hydrogen) atoms. The minimum Gasteiger partial charge on any atom is -0.481 e. The Morgan fingerprint density at radius 3 is 2.56 bits per heavy atom. The smallest absolute Gasteiger partial charge is 0.406 e. The summed E-state index contributed by atoms with van der Waals surface area (Å²) in [5.41, 5.74) is 3.25. The predicted molar refractivity (Wildman–Crippen MR) is 91.8 cm³/mol. The van der Waals surface area contributed by atoms with E-state index in [0.717, 1.165) is 16.7 Å². The molecule has 1 aromatic heterocycles. The Kier molecular flexibility index (Phi) is 4.67. The molecule has 0 fully saturated rings. The Labute approximate surface area is 144 Å². The van der Waals surface area contributed by atoms with E-state index in [1.807, 2.05) is 42.5 Å². The maximum atomic E-state index is 10.9. The molecular weight excluding hydrogens is 318 g/mol. The first-order valence-corrected chi connectivity index (χ1v) is 7.49. The van der Waals surface area contributed by atoms with Crippen molar-refractivity contribution in [1.82, 2.24) is 4.98 Å². The fraction of sp³-hybridized carbons (Fsp3) is 0.0526. The molecule has 122 valence electrons. The predicted octanol–water partition coefficient (Wildman–Crippen LogP) is 4.11. The van der Waals surface area contributed by atoms with Crippen LogP contribution in [0.25, 0.3) is 11.1 Å². The average molecular weight is 331 g/mol. The summed E-state index contributed by atoms with van der Waals surface area (Å²) in [7, 11) is 0. The van der Waals surface area contributed by atoms with Crippen LogP contribution in [0.4, 0.5) is 5.82 Å². The highest BCUT2D eigenvalue weighted by Gasteiger charge is 2.15. The van der Waals surface area contributed by atoms with E-state index in [1.54, 1.807) is 12.1 Å². The standard InChI is InChI=1S/C19H13N3O3/c20-12-16-4-1-2-5-17(16)15-9-7-14(8-10-15)13-25-18-6-3-11-21-19(18)22(23)24/h1-11H,13H2. The van der Waals surface area contributed by atoms with E-state index in [1.165, 1.54) is 12.3 Å². The van der Waals surface area contributed by atoms with E-state index >= 15 is 0 Å². The van der Waals surface area contributed by atoms with Gasteiger partial charge in [-0.3, -0.25) is 0 Å². The highest BCUT2D eigenvalue weighted by molar-refractivity contribution is 5.70. The lowest BCUT2D eigenvalue weighted by molar-refractivity contribution is -0.390. The molecule has 3 aromatic rings. The van der Waals surface area contributed by atoms with Gasteiger partial charge in [-0.25, -0.2) is 0 Å². The molecule has 0 N–H and O–H groups in total. The molecular formula is C19H13N3O3. The van der Waals surface area contributed by atoms with E-state index < -0.39 is 4.92 Å². The SMILES string of the molecule is N#Cc1ccccc1-c1ccc(COc2cccnc2[N+](=O)[O-])cc1. The first-order chi connectivity index (χ1) is 12.2. The van der Waals surface area contributed by atoms with Crippen LogP contribution < -0.4 is 4.74 Å². The van der Waals surface area contributed by atoms with Gasteiger partial charge >= 0.3 is 5.82 Å². The summed E-state index contributed by atoms with van der Waals surface area (Å²) in [5.74, 6) is -0.173. The van der Waals surface area contributed by atoms with Crippen molar-refractivity contribution in [2.24, 2.45) is 0 Å². The fourth-order valence-electron chi connectivity index (χ4n) is 2.41. The van der Waals surface area contributed by atoms with Gasteiger partial charge < -0.3 is 14.9 Å². The summed E-state index contributed by atoms with van der Waals surface area (Å²) < 4.78 is 5.52. The molecule has 0 saturated carbocycles. The van der Waals surface area contributed by atoms with Crippen LogP contribution in [0, 0.1) is 21.4 Å². The first-order valence-electron chi connectivity index (χ1n) is 7.49. The molecule has 0 aliphatic rings. The van der Waals surface area contributed by atoms with Gasteiger partial charge in [-0.2, -0.15) is 5.26 Å². The zero-order chi connectivity index (χ0) is 17.6. The number of pyridine rings is 1. The van der Waals surface area contributed by atoms with Gasteiger partial charge in [0.05, 0.1) is 11.6 Å². The molecule has 0 amide bonds. The number of nitrogens with zero attached hydrogens (tertiary/aromatic N) is 3. The molecule has 6 nitrogen and oxygen atoms in total. The second kappa shape index (κ2) is 7.23. The maximum Gasteiger partial charge on any atom is 0.406 e. The Bertz CT molecular complexity index is 947. The largest absolute Gasteiger partial charge is 0.481 e. The van der Waals surface area contributed by atoms with E-state index in [0.29, 0.717) is 5.56 Å². The van der Waals surface area contributed by atoms with Crippen molar-refractivity contribution in [1.29, 1.82) is 5.26 Å². The van der Waals surface area contributed by atoms with Crippen LogP contribution in [0.2, 0.25) is 0 Å². The third-order valence-electron chi connectivity index (χ3n) is 3.63. The Morgan fingerprint density at radius 1 is 1.08 bits per heavy atom. The second-order valence-electron chi connectivity index (χ2n) is 5.23. The van der Waals surface area contributed by atoms with Crippen molar-refractivity contribution in [3.63, 3.8) is 0 Å². The normalized spacial score (nSPS) is 10.0. The molecule has 0 aliphatic carbocycles. The lowest BCUT2D eigenvalue weighted by Gasteiger charge is -2.08. The Hall–Kier alpha value is -3.72. The molecule has 3 rings (SSSR count). The monoisotopic (exact) mass is 331 g/mol. The molecule has 2 aromatic carbocycles. The Morgan fingerprint density at radius 2 is 1.84 bits per heavy atom. The van der Waals surface area contributed by atoms with Crippen molar-refractivity contribution in [2.45, 2.75) is 6.61 Å². The summed E-state index contributed by atoms with van der Waals surface area (Å²) in [4.78, 5) is 14.1. The van der Waals surface area contributed by atoms with Crippen molar-refractivity contribution in [3.05, 3.63) is 88.1 Å². The van der Waals surface area contributed by atoms with Gasteiger partial charge in [0.2, 0.25) is 5.75 Å². The van der Waals surface area contributed by atoms with E-state index in [4.69, 9.17) is 4.74 Å². The number of nitriles is 1. The second-order valence-corrected chi connectivity index (χ2v) is 5.23. The zero-order valence-corrected chi connectivity index (χ0v) is 13.1. The minimum absolute atomic E-state index is 0.131. The lowest BCUT2D eigenvalue weighted by atomic mass is 9.99. The van der Waals surface area contributed by atoms with Crippen molar-refractivity contribution in [2.75, 3.05) is 0 Å². The number of ether oxygens (including phenoxy) is 1. The van der Waals surface area contributed by atoms with Gasteiger partial charge in [-0.15, -0.1) is 0 Å². The van der Waals surface area contributed by atoms with Crippen LogP contribution in [0.1, 0.15) is 11.1 Å². The van der Waals surface area contributed by atoms with Gasteiger partial charge in [-0.05, 0) is 44.8 Å². The molecule has 1 heterocycles. The van der Waals surface area contributed by atoms with Crippen LogP contribution >= 0.6 is 0 Å². The summed E-state index contributed by atoms with van der Waals surface area (Å²) in [6.45, 7) is 0.187. The van der Waals surface area contributed by atoms with E-state index in [-0.39, 0.29) is 18.2 Å². The number of rotatable bonds is 5. The number of nitro groups is 1. The average Bonchev–Trinajstić information content (AvgIpc) is 2.67. The molecule has 0 bridgehead atoms. The van der Waals surface area contributed by atoms with Crippen molar-refractivity contribution >= 4 is 5.82 Å². The third-order valence-corrected chi connectivity index (χ3v) is 3.63. The van der Waals surface area contributed by atoms with Crippen LogP contribution in [0.5, 0.6) is 5.75 Å². The van der Waals surface area contributed by atoms with Gasteiger partial charge in [-0.1, -0.05) is 42.5 Å². The molecule has 6 heteroatoms. The molecule has 0 spiro atoms. The number of hydrogen-bond acceptors (Lipinski definition) is 5. The molecule has 0 saturated heterocycles. The van der Waals surface area contributed by atoms with Gasteiger partial charge in [0.1, 0.15) is 12.8 Å². The van der Waals surface area contributed by atoms with Crippen LogP contribution in [-0.2, 0) is 6.61 Å². The molecule has 0 unspecified atom stereocenters. The van der Waals surface area contributed by atoms with Crippen molar-refractivity contribution < 1.29 is 9.66 Å². The van der Waals surface area contributed by atoms with Crippen LogP contribution in [-0.4, -0.2) is 9.91 Å². The highest BCUT2D eigenvalue weighted by Crippen LogP contribution is 2.26. The highest BCUT2D eigenvalue weighted by atomic mass is 16.6. The first kappa shape index (κ1) is 16.1. The minimum atomic E-state index is -0.572. The fourth-order valence-corrected chi connectivity index (χ4v) is 2.41. The van der Waals surface area contributed by atoms with E-state index in [2.05, 4.69) is 11.1 Å². The summed E-state index contributed by atoms with van der Waals surface area (Å²) in [6.07, 6.45) is 1.35. The maximum absolute atomic E-state index is 10.9. The topological polar surface area (TPSA) is 89.0 Å². The molecule has 0 aliphatic heterocycles. The number of aromatic nitrogens is 1. The Balaban J connectivity index is 1.76. The quantitative estimate of drug-likeness (QED) is 0.518. The summed E-state index contributed by atoms with van der Waals surface area (Å²) in [5, 5.41) is 20.1. The van der Waals surface area contributed by atoms with E-state index in [9.17, 15) is 15.4 Å².